The fraction of sp³-hybridized carbons (Fsp3) is 0.143. The molecule has 0 spiro atoms. The number of hydrogen-bond donors (Lipinski definition) is 1. The van der Waals surface area contributed by atoms with E-state index >= 15 is 0 Å². The maximum absolute atomic E-state index is 13.6. The number of methoxy groups -OCH3 is 1. The lowest BCUT2D eigenvalue weighted by molar-refractivity contribution is 0.415. The normalized spacial score (nSPS) is 10.3. The van der Waals surface area contributed by atoms with Crippen molar-refractivity contribution in [3.05, 3.63) is 57.3 Å². The number of benzene rings is 2. The van der Waals surface area contributed by atoms with Crippen LogP contribution in [0.2, 0.25) is 5.02 Å². The van der Waals surface area contributed by atoms with Crippen molar-refractivity contribution in [2.24, 2.45) is 0 Å². The fourth-order valence-corrected chi connectivity index (χ4v) is 2.25. The summed E-state index contributed by atoms with van der Waals surface area (Å²) in [7, 11) is 1.55. The van der Waals surface area contributed by atoms with Crippen LogP contribution in [0.25, 0.3) is 0 Å². The maximum atomic E-state index is 13.6. The van der Waals surface area contributed by atoms with Gasteiger partial charge in [-0.3, -0.25) is 0 Å². The Hall–Kier alpha value is -1.26. The van der Waals surface area contributed by atoms with Crippen molar-refractivity contribution in [3.63, 3.8) is 0 Å². The molecule has 0 aliphatic rings. The largest absolute Gasteiger partial charge is 0.495 e. The molecule has 100 valence electrons. The highest BCUT2D eigenvalue weighted by Crippen LogP contribution is 2.27. The molecule has 2 aromatic carbocycles. The second-order valence-corrected chi connectivity index (χ2v) is 5.26. The van der Waals surface area contributed by atoms with Crippen LogP contribution in [0.4, 0.5) is 10.1 Å². The molecule has 0 unspecified atom stereocenters. The van der Waals surface area contributed by atoms with Crippen LogP contribution >= 0.6 is 27.5 Å². The summed E-state index contributed by atoms with van der Waals surface area (Å²) in [6.45, 7) is 0.385. The van der Waals surface area contributed by atoms with Gasteiger partial charge >= 0.3 is 0 Å². The first-order valence-electron chi connectivity index (χ1n) is 5.61. The molecule has 2 rings (SSSR count). The summed E-state index contributed by atoms with van der Waals surface area (Å²) in [4.78, 5) is 0. The quantitative estimate of drug-likeness (QED) is 0.855. The Bertz CT molecular complexity index is 592. The molecule has 2 nitrogen and oxygen atoms in total. The molecule has 0 heterocycles. The third-order valence-electron chi connectivity index (χ3n) is 2.64. The monoisotopic (exact) mass is 343 g/mol. The molecule has 0 aromatic heterocycles. The van der Waals surface area contributed by atoms with Gasteiger partial charge in [-0.25, -0.2) is 4.39 Å². The predicted octanol–water partition coefficient (Wildman–Crippen LogP) is 4.86. The minimum atomic E-state index is -0.239. The topological polar surface area (TPSA) is 21.3 Å². The minimum absolute atomic E-state index is 0.239. The molecule has 0 radical (unpaired) electrons. The zero-order valence-electron chi connectivity index (χ0n) is 10.2. The molecular formula is C14H12BrClFNO. The van der Waals surface area contributed by atoms with Crippen molar-refractivity contribution in [2.45, 2.75) is 6.54 Å². The van der Waals surface area contributed by atoms with Gasteiger partial charge in [-0.2, -0.15) is 0 Å². The van der Waals surface area contributed by atoms with Crippen molar-refractivity contribution in [1.29, 1.82) is 0 Å². The number of nitrogens with one attached hydrogen (secondary N) is 1. The SMILES string of the molecule is COc1cc(NCc2cc(Br)ccc2F)ccc1Cl. The van der Waals surface area contributed by atoms with Gasteiger partial charge in [0.1, 0.15) is 11.6 Å². The number of ether oxygens (including phenoxy) is 1. The van der Waals surface area contributed by atoms with Crippen molar-refractivity contribution >= 4 is 33.2 Å². The maximum Gasteiger partial charge on any atom is 0.139 e. The molecule has 0 bridgehead atoms. The van der Waals surface area contributed by atoms with Crippen molar-refractivity contribution in [3.8, 4) is 5.75 Å². The van der Waals surface area contributed by atoms with E-state index < -0.39 is 0 Å². The van der Waals surface area contributed by atoms with E-state index in [0.717, 1.165) is 10.2 Å². The van der Waals surface area contributed by atoms with Gasteiger partial charge in [0.05, 0.1) is 12.1 Å². The van der Waals surface area contributed by atoms with Gasteiger partial charge < -0.3 is 10.1 Å². The van der Waals surface area contributed by atoms with E-state index in [-0.39, 0.29) is 5.82 Å². The van der Waals surface area contributed by atoms with Gasteiger partial charge in [0, 0.05) is 28.3 Å². The van der Waals surface area contributed by atoms with Gasteiger partial charge in [0.25, 0.3) is 0 Å². The third kappa shape index (κ3) is 3.61. The molecule has 19 heavy (non-hydrogen) atoms. The second kappa shape index (κ2) is 6.26. The highest BCUT2D eigenvalue weighted by Gasteiger charge is 2.05. The van der Waals surface area contributed by atoms with Crippen LogP contribution < -0.4 is 10.1 Å². The lowest BCUT2D eigenvalue weighted by atomic mass is 10.2. The van der Waals surface area contributed by atoms with E-state index in [1.807, 2.05) is 6.07 Å². The first kappa shape index (κ1) is 14.2. The van der Waals surface area contributed by atoms with Crippen molar-refractivity contribution in [1.82, 2.24) is 0 Å². The summed E-state index contributed by atoms with van der Waals surface area (Å²) in [6, 6.07) is 10.2. The smallest absolute Gasteiger partial charge is 0.139 e. The summed E-state index contributed by atoms with van der Waals surface area (Å²) in [5, 5.41) is 3.67. The Morgan fingerprint density at radius 2 is 2.05 bits per heavy atom. The average Bonchev–Trinajstić information content (AvgIpc) is 2.41. The standard InChI is InChI=1S/C14H12BrClFNO/c1-19-14-7-11(3-4-12(14)16)18-8-9-6-10(15)2-5-13(9)17/h2-7,18H,8H2,1H3. The van der Waals surface area contributed by atoms with Crippen LogP contribution in [0.3, 0.4) is 0 Å². The third-order valence-corrected chi connectivity index (χ3v) is 3.45. The first-order valence-corrected chi connectivity index (χ1v) is 6.78. The van der Waals surface area contributed by atoms with E-state index in [2.05, 4.69) is 21.2 Å². The van der Waals surface area contributed by atoms with E-state index in [0.29, 0.717) is 22.9 Å². The highest BCUT2D eigenvalue weighted by molar-refractivity contribution is 9.10. The molecule has 0 atom stereocenters. The van der Waals surface area contributed by atoms with Crippen LogP contribution in [0.1, 0.15) is 5.56 Å². The van der Waals surface area contributed by atoms with Crippen LogP contribution in [0, 0.1) is 5.82 Å². The Morgan fingerprint density at radius 3 is 2.79 bits per heavy atom. The Balaban J connectivity index is 2.12. The number of hydrogen-bond acceptors (Lipinski definition) is 2. The summed E-state index contributed by atoms with van der Waals surface area (Å²) in [5.41, 5.74) is 1.41. The van der Waals surface area contributed by atoms with Gasteiger partial charge in [-0.15, -0.1) is 0 Å². The summed E-state index contributed by atoms with van der Waals surface area (Å²) < 4.78 is 19.5. The molecule has 0 aliphatic carbocycles. The summed E-state index contributed by atoms with van der Waals surface area (Å²) in [5.74, 6) is 0.345. The van der Waals surface area contributed by atoms with Gasteiger partial charge in [-0.05, 0) is 30.3 Å². The van der Waals surface area contributed by atoms with E-state index in [9.17, 15) is 4.39 Å². The zero-order chi connectivity index (χ0) is 13.8. The van der Waals surface area contributed by atoms with Gasteiger partial charge in [-0.1, -0.05) is 27.5 Å². The fourth-order valence-electron chi connectivity index (χ4n) is 1.65. The van der Waals surface area contributed by atoms with Crippen molar-refractivity contribution in [2.75, 3.05) is 12.4 Å². The van der Waals surface area contributed by atoms with Gasteiger partial charge in [0.2, 0.25) is 0 Å². The summed E-state index contributed by atoms with van der Waals surface area (Å²) >= 11 is 9.26. The molecule has 0 aliphatic heterocycles. The number of halogens is 3. The first-order chi connectivity index (χ1) is 9.10. The van der Waals surface area contributed by atoms with Crippen LogP contribution in [0.5, 0.6) is 5.75 Å². The lowest BCUT2D eigenvalue weighted by Crippen LogP contribution is -2.02. The molecule has 0 amide bonds. The predicted molar refractivity (Wildman–Crippen MR) is 79.4 cm³/mol. The van der Waals surface area contributed by atoms with E-state index in [4.69, 9.17) is 16.3 Å². The number of rotatable bonds is 4. The Kier molecular flexibility index (Phi) is 4.66. The van der Waals surface area contributed by atoms with E-state index in [1.54, 1.807) is 31.4 Å². The average molecular weight is 345 g/mol. The molecule has 0 saturated carbocycles. The zero-order valence-corrected chi connectivity index (χ0v) is 12.6. The van der Waals surface area contributed by atoms with Crippen LogP contribution in [-0.4, -0.2) is 7.11 Å². The molecular weight excluding hydrogens is 333 g/mol. The van der Waals surface area contributed by atoms with Gasteiger partial charge in [0.15, 0.2) is 0 Å². The number of anilines is 1. The lowest BCUT2D eigenvalue weighted by Gasteiger charge is -2.10. The second-order valence-electron chi connectivity index (χ2n) is 3.94. The molecule has 2 aromatic rings. The molecule has 5 heteroatoms. The highest BCUT2D eigenvalue weighted by atomic mass is 79.9. The van der Waals surface area contributed by atoms with E-state index in [1.165, 1.54) is 6.07 Å². The van der Waals surface area contributed by atoms with Crippen molar-refractivity contribution < 1.29 is 9.13 Å². The minimum Gasteiger partial charge on any atom is -0.495 e. The molecule has 1 N–H and O–H groups in total. The Labute approximate surface area is 124 Å². The Morgan fingerprint density at radius 1 is 1.26 bits per heavy atom. The van der Waals surface area contributed by atoms with Crippen LogP contribution in [0.15, 0.2) is 40.9 Å². The molecule has 0 saturated heterocycles. The molecule has 0 fully saturated rings. The summed E-state index contributed by atoms with van der Waals surface area (Å²) in [6.07, 6.45) is 0. The van der Waals surface area contributed by atoms with Crippen LogP contribution in [-0.2, 0) is 6.54 Å².